The molecule has 2 atom stereocenters. The number of pyridine rings is 1. The van der Waals surface area contributed by atoms with Gasteiger partial charge in [-0.25, -0.2) is 4.98 Å². The predicted molar refractivity (Wildman–Crippen MR) is 81.0 cm³/mol. The van der Waals surface area contributed by atoms with E-state index in [9.17, 15) is 0 Å². The zero-order chi connectivity index (χ0) is 13.6. The van der Waals surface area contributed by atoms with Crippen molar-refractivity contribution in [3.8, 4) is 0 Å². The van der Waals surface area contributed by atoms with Gasteiger partial charge in [-0.05, 0) is 56.7 Å². The van der Waals surface area contributed by atoms with E-state index < -0.39 is 0 Å². The number of nitrogens with zero attached hydrogens (tertiary/aromatic N) is 1. The minimum atomic E-state index is 0.457. The molecule has 3 rings (SSSR count). The van der Waals surface area contributed by atoms with Crippen LogP contribution in [0.2, 0.25) is 0 Å². The Labute approximate surface area is 121 Å². The Kier molecular flexibility index (Phi) is 4.87. The van der Waals surface area contributed by atoms with Crippen LogP contribution in [0, 0.1) is 0 Å². The minimum Gasteiger partial charge on any atom is -0.377 e. The van der Waals surface area contributed by atoms with Crippen LogP contribution < -0.4 is 10.6 Å². The number of anilines is 1. The van der Waals surface area contributed by atoms with Crippen molar-refractivity contribution in [1.82, 2.24) is 10.3 Å². The third kappa shape index (κ3) is 3.70. The monoisotopic (exact) mass is 275 g/mol. The molecule has 1 saturated heterocycles. The topological polar surface area (TPSA) is 46.2 Å². The Morgan fingerprint density at radius 2 is 2.30 bits per heavy atom. The molecule has 110 valence electrons. The van der Waals surface area contributed by atoms with Gasteiger partial charge in [-0.1, -0.05) is 6.07 Å². The molecule has 0 radical (unpaired) electrons. The van der Waals surface area contributed by atoms with Crippen LogP contribution in [0.1, 0.15) is 37.7 Å². The van der Waals surface area contributed by atoms with Crippen LogP contribution in [0.25, 0.3) is 0 Å². The number of nitrogens with one attached hydrogen (secondary N) is 2. The van der Waals surface area contributed by atoms with Crippen LogP contribution >= 0.6 is 0 Å². The lowest BCUT2D eigenvalue weighted by atomic mass is 9.97. The minimum absolute atomic E-state index is 0.457. The molecule has 2 N–H and O–H groups in total. The van der Waals surface area contributed by atoms with Gasteiger partial charge in [-0.3, -0.25) is 0 Å². The molecule has 0 aromatic carbocycles. The molecule has 20 heavy (non-hydrogen) atoms. The number of aryl methyl sites for hydroxylation is 1. The Morgan fingerprint density at radius 1 is 1.30 bits per heavy atom. The smallest absolute Gasteiger partial charge is 0.129 e. The zero-order valence-electron chi connectivity index (χ0n) is 12.1. The van der Waals surface area contributed by atoms with E-state index in [1.54, 1.807) is 0 Å². The highest BCUT2D eigenvalue weighted by atomic mass is 16.5. The molecule has 2 aliphatic heterocycles. The molecule has 0 aliphatic carbocycles. The van der Waals surface area contributed by atoms with Crippen molar-refractivity contribution in [3.63, 3.8) is 0 Å². The van der Waals surface area contributed by atoms with Gasteiger partial charge in [0, 0.05) is 25.4 Å². The molecule has 2 aliphatic rings. The first-order valence-corrected chi connectivity index (χ1v) is 7.94. The number of aromatic nitrogens is 1. The zero-order valence-corrected chi connectivity index (χ0v) is 12.1. The van der Waals surface area contributed by atoms with Crippen LogP contribution in [0.15, 0.2) is 18.3 Å². The summed E-state index contributed by atoms with van der Waals surface area (Å²) in [5.74, 6) is 1.09. The summed E-state index contributed by atoms with van der Waals surface area (Å²) in [6.45, 7) is 3.06. The first-order chi connectivity index (χ1) is 9.92. The maximum absolute atomic E-state index is 5.85. The van der Waals surface area contributed by atoms with Gasteiger partial charge in [-0.15, -0.1) is 0 Å². The summed E-state index contributed by atoms with van der Waals surface area (Å²) < 4.78 is 5.85. The molecule has 0 bridgehead atoms. The van der Waals surface area contributed by atoms with Crippen LogP contribution in [0.3, 0.4) is 0 Å². The van der Waals surface area contributed by atoms with E-state index in [-0.39, 0.29) is 0 Å². The van der Waals surface area contributed by atoms with E-state index >= 15 is 0 Å². The second-order valence-electron chi connectivity index (χ2n) is 5.87. The predicted octanol–water partition coefficient (Wildman–Crippen LogP) is 2.36. The van der Waals surface area contributed by atoms with Gasteiger partial charge in [0.25, 0.3) is 0 Å². The fourth-order valence-corrected chi connectivity index (χ4v) is 3.10. The normalized spacial score (nSPS) is 25.2. The number of unbranched alkanes of at least 4 members (excludes halogenated alkanes) is 1. The Morgan fingerprint density at radius 3 is 3.20 bits per heavy atom. The average Bonchev–Trinajstić information content (AvgIpc) is 3.00. The van der Waals surface area contributed by atoms with Crippen molar-refractivity contribution < 1.29 is 4.74 Å². The maximum atomic E-state index is 5.85. The number of fused-ring (bicyclic) bond motifs is 1. The largest absolute Gasteiger partial charge is 0.377 e. The SMILES string of the molecule is c1cnc2c(c1)CC[C@H](CCCCO[C@@H]1CCNC1)N2. The standard InChI is InChI=1S/C16H25N3O/c1(2-11-20-15-8-10-17-12-15)5-14-7-6-13-4-3-9-18-16(13)19-14/h3-4,9,14-15,17H,1-2,5-8,10-12H2,(H,18,19)/t14-,15+/m0/s1. The van der Waals surface area contributed by atoms with Crippen molar-refractivity contribution >= 4 is 5.82 Å². The summed E-state index contributed by atoms with van der Waals surface area (Å²) in [6, 6.07) is 4.79. The Balaban J connectivity index is 1.31. The summed E-state index contributed by atoms with van der Waals surface area (Å²) in [4.78, 5) is 4.42. The molecule has 0 amide bonds. The Bertz CT molecular complexity index is 418. The highest BCUT2D eigenvalue weighted by molar-refractivity contribution is 5.46. The van der Waals surface area contributed by atoms with Crippen LogP contribution in [-0.4, -0.2) is 36.8 Å². The van der Waals surface area contributed by atoms with E-state index in [1.165, 1.54) is 37.7 Å². The third-order valence-electron chi connectivity index (χ3n) is 4.31. The van der Waals surface area contributed by atoms with Crippen LogP contribution in [0.5, 0.6) is 0 Å². The second-order valence-corrected chi connectivity index (χ2v) is 5.87. The van der Waals surface area contributed by atoms with Crippen molar-refractivity contribution in [2.24, 2.45) is 0 Å². The summed E-state index contributed by atoms with van der Waals surface area (Å²) >= 11 is 0. The van der Waals surface area contributed by atoms with E-state index in [0.717, 1.165) is 31.9 Å². The van der Waals surface area contributed by atoms with Gasteiger partial charge in [0.05, 0.1) is 6.10 Å². The molecule has 0 unspecified atom stereocenters. The second kappa shape index (κ2) is 7.04. The van der Waals surface area contributed by atoms with Crippen LogP contribution in [-0.2, 0) is 11.2 Å². The van der Waals surface area contributed by atoms with Crippen LogP contribution in [0.4, 0.5) is 5.82 Å². The molecular weight excluding hydrogens is 250 g/mol. The lowest BCUT2D eigenvalue weighted by molar-refractivity contribution is 0.0640. The summed E-state index contributed by atoms with van der Waals surface area (Å²) in [6.07, 6.45) is 9.52. The third-order valence-corrected chi connectivity index (χ3v) is 4.31. The molecule has 1 aromatic heterocycles. The molecular formula is C16H25N3O. The summed E-state index contributed by atoms with van der Waals surface area (Å²) in [7, 11) is 0. The van der Waals surface area contributed by atoms with Crippen molar-refractivity contribution in [2.45, 2.75) is 50.7 Å². The molecule has 1 aromatic rings. The molecule has 0 saturated carbocycles. The van der Waals surface area contributed by atoms with Gasteiger partial charge < -0.3 is 15.4 Å². The van der Waals surface area contributed by atoms with Gasteiger partial charge in [0.1, 0.15) is 5.82 Å². The molecule has 3 heterocycles. The van der Waals surface area contributed by atoms with E-state index in [0.29, 0.717) is 12.1 Å². The van der Waals surface area contributed by atoms with E-state index in [4.69, 9.17) is 4.74 Å². The van der Waals surface area contributed by atoms with Gasteiger partial charge in [0.2, 0.25) is 0 Å². The van der Waals surface area contributed by atoms with E-state index in [2.05, 4.69) is 21.7 Å². The first-order valence-electron chi connectivity index (χ1n) is 7.94. The van der Waals surface area contributed by atoms with Gasteiger partial charge in [0.15, 0.2) is 0 Å². The maximum Gasteiger partial charge on any atom is 0.129 e. The van der Waals surface area contributed by atoms with Gasteiger partial charge in [-0.2, -0.15) is 0 Å². The summed E-state index contributed by atoms with van der Waals surface area (Å²) in [5, 5.41) is 6.90. The highest BCUT2D eigenvalue weighted by Gasteiger charge is 2.18. The Hall–Kier alpha value is -1.13. The number of hydrogen-bond donors (Lipinski definition) is 2. The van der Waals surface area contributed by atoms with E-state index in [1.807, 2.05) is 12.3 Å². The average molecular weight is 275 g/mol. The number of ether oxygens (including phenoxy) is 1. The number of rotatable bonds is 6. The van der Waals surface area contributed by atoms with Crippen molar-refractivity contribution in [1.29, 1.82) is 0 Å². The fourth-order valence-electron chi connectivity index (χ4n) is 3.10. The number of hydrogen-bond acceptors (Lipinski definition) is 4. The quantitative estimate of drug-likeness (QED) is 0.782. The highest BCUT2D eigenvalue weighted by Crippen LogP contribution is 2.24. The molecule has 4 nitrogen and oxygen atoms in total. The van der Waals surface area contributed by atoms with Gasteiger partial charge >= 0.3 is 0 Å². The van der Waals surface area contributed by atoms with Crippen molar-refractivity contribution in [2.75, 3.05) is 25.0 Å². The van der Waals surface area contributed by atoms with Crippen molar-refractivity contribution in [3.05, 3.63) is 23.9 Å². The lowest BCUT2D eigenvalue weighted by Gasteiger charge is -2.26. The lowest BCUT2D eigenvalue weighted by Crippen LogP contribution is -2.26. The molecule has 0 spiro atoms. The molecule has 1 fully saturated rings. The summed E-state index contributed by atoms with van der Waals surface area (Å²) in [5.41, 5.74) is 1.36. The first kappa shape index (κ1) is 13.8. The fraction of sp³-hybridized carbons (Fsp3) is 0.688. The molecule has 4 heteroatoms.